The largest absolute Gasteiger partial charge is 0.497 e. The summed E-state index contributed by atoms with van der Waals surface area (Å²) in [5.41, 5.74) is 2.93. The Hall–Kier alpha value is -2.86. The minimum Gasteiger partial charge on any atom is -0.497 e. The molecular formula is C25H33N3O3. The topological polar surface area (TPSA) is 61.9 Å². The standard InChI is InChI=1S/C25H33N3O3/c1-4-14-27(17-24(29)26-22-12-6-5-9-19(22)2)18-25(30)28-15-8-13-23(28)20-10-7-11-21(16-20)31-3/h5-7,9-12,16,23H,4,8,13-15,17-18H2,1-3H3,(H,26,29). The van der Waals surface area contributed by atoms with E-state index < -0.39 is 0 Å². The van der Waals surface area contributed by atoms with Gasteiger partial charge in [0.15, 0.2) is 0 Å². The third kappa shape index (κ3) is 6.07. The van der Waals surface area contributed by atoms with Crippen molar-refractivity contribution in [3.63, 3.8) is 0 Å². The number of nitrogens with one attached hydrogen (secondary N) is 1. The molecule has 2 aromatic rings. The molecule has 1 fully saturated rings. The monoisotopic (exact) mass is 423 g/mol. The first-order valence-corrected chi connectivity index (χ1v) is 11.0. The zero-order valence-corrected chi connectivity index (χ0v) is 18.8. The number of amides is 2. The van der Waals surface area contributed by atoms with Crippen molar-refractivity contribution in [3.8, 4) is 5.75 Å². The second kappa shape index (κ2) is 11.0. The molecule has 0 radical (unpaired) electrons. The molecule has 1 saturated heterocycles. The van der Waals surface area contributed by atoms with Crippen LogP contribution in [-0.2, 0) is 9.59 Å². The molecule has 1 unspecified atom stereocenters. The summed E-state index contributed by atoms with van der Waals surface area (Å²) in [5, 5.41) is 2.97. The maximum atomic E-state index is 13.2. The maximum Gasteiger partial charge on any atom is 0.238 e. The third-order valence-electron chi connectivity index (χ3n) is 5.74. The van der Waals surface area contributed by atoms with E-state index in [1.165, 1.54) is 0 Å². The van der Waals surface area contributed by atoms with Crippen LogP contribution in [0.2, 0.25) is 0 Å². The molecule has 1 aliphatic heterocycles. The van der Waals surface area contributed by atoms with Gasteiger partial charge in [0.1, 0.15) is 5.75 Å². The first-order chi connectivity index (χ1) is 15.0. The summed E-state index contributed by atoms with van der Waals surface area (Å²) in [6, 6.07) is 15.7. The molecule has 0 aromatic heterocycles. The van der Waals surface area contributed by atoms with E-state index in [4.69, 9.17) is 4.74 Å². The number of hydrogen-bond acceptors (Lipinski definition) is 4. The molecule has 2 aromatic carbocycles. The first-order valence-electron chi connectivity index (χ1n) is 11.0. The van der Waals surface area contributed by atoms with Crippen molar-refractivity contribution < 1.29 is 14.3 Å². The highest BCUT2D eigenvalue weighted by Gasteiger charge is 2.31. The molecule has 1 N–H and O–H groups in total. The number of carbonyl (C=O) groups is 2. The minimum absolute atomic E-state index is 0.0619. The van der Waals surface area contributed by atoms with E-state index in [2.05, 4.69) is 18.3 Å². The van der Waals surface area contributed by atoms with Crippen molar-refractivity contribution in [1.82, 2.24) is 9.80 Å². The zero-order valence-electron chi connectivity index (χ0n) is 18.8. The quantitative estimate of drug-likeness (QED) is 0.662. The van der Waals surface area contributed by atoms with E-state index in [9.17, 15) is 9.59 Å². The SMILES string of the molecule is CCCN(CC(=O)Nc1ccccc1C)CC(=O)N1CCCC1c1cccc(OC)c1. The van der Waals surface area contributed by atoms with E-state index in [0.29, 0.717) is 6.54 Å². The highest BCUT2D eigenvalue weighted by molar-refractivity contribution is 5.93. The molecule has 6 nitrogen and oxygen atoms in total. The van der Waals surface area contributed by atoms with E-state index in [0.717, 1.165) is 48.4 Å². The number of carbonyl (C=O) groups excluding carboxylic acids is 2. The number of nitrogens with zero attached hydrogens (tertiary/aromatic N) is 2. The number of hydrogen-bond donors (Lipinski definition) is 1. The zero-order chi connectivity index (χ0) is 22.2. The fraction of sp³-hybridized carbons (Fsp3) is 0.440. The average molecular weight is 424 g/mol. The maximum absolute atomic E-state index is 13.2. The predicted octanol–water partition coefficient (Wildman–Crippen LogP) is 4.02. The lowest BCUT2D eigenvalue weighted by atomic mass is 10.0. The molecule has 31 heavy (non-hydrogen) atoms. The van der Waals surface area contributed by atoms with Crippen molar-refractivity contribution >= 4 is 17.5 Å². The molecule has 0 bridgehead atoms. The van der Waals surface area contributed by atoms with E-state index >= 15 is 0 Å². The van der Waals surface area contributed by atoms with Crippen LogP contribution in [0, 0.1) is 6.92 Å². The Labute approximate surface area is 185 Å². The predicted molar refractivity (Wildman–Crippen MR) is 123 cm³/mol. The van der Waals surface area contributed by atoms with Crippen LogP contribution in [0.1, 0.15) is 43.4 Å². The van der Waals surface area contributed by atoms with Gasteiger partial charge < -0.3 is 15.0 Å². The summed E-state index contributed by atoms with van der Waals surface area (Å²) >= 11 is 0. The van der Waals surface area contributed by atoms with Gasteiger partial charge in [0.25, 0.3) is 0 Å². The lowest BCUT2D eigenvalue weighted by Crippen LogP contribution is -2.43. The minimum atomic E-state index is -0.0960. The molecule has 1 heterocycles. The Kier molecular flexibility index (Phi) is 8.06. The molecule has 0 saturated carbocycles. The van der Waals surface area contributed by atoms with Gasteiger partial charge >= 0.3 is 0 Å². The molecule has 0 spiro atoms. The number of likely N-dealkylation sites (tertiary alicyclic amines) is 1. The Morgan fingerprint density at radius 1 is 1.16 bits per heavy atom. The van der Waals surface area contributed by atoms with E-state index in [1.807, 2.05) is 59.2 Å². The van der Waals surface area contributed by atoms with Gasteiger partial charge in [-0.3, -0.25) is 14.5 Å². The second-order valence-corrected chi connectivity index (χ2v) is 8.10. The highest BCUT2D eigenvalue weighted by Crippen LogP contribution is 2.33. The number of rotatable bonds is 9. The molecule has 6 heteroatoms. The first kappa shape index (κ1) is 22.8. The van der Waals surface area contributed by atoms with Gasteiger partial charge in [0.2, 0.25) is 11.8 Å². The van der Waals surface area contributed by atoms with Crippen molar-refractivity contribution in [2.45, 2.75) is 39.2 Å². The second-order valence-electron chi connectivity index (χ2n) is 8.10. The lowest BCUT2D eigenvalue weighted by Gasteiger charge is -2.29. The summed E-state index contributed by atoms with van der Waals surface area (Å²) in [5.74, 6) is 0.779. The van der Waals surface area contributed by atoms with Gasteiger partial charge in [-0.25, -0.2) is 0 Å². The Morgan fingerprint density at radius 2 is 1.97 bits per heavy atom. The summed E-state index contributed by atoms with van der Waals surface area (Å²) in [6.45, 7) is 5.92. The highest BCUT2D eigenvalue weighted by atomic mass is 16.5. The third-order valence-corrected chi connectivity index (χ3v) is 5.74. The normalized spacial score (nSPS) is 15.9. The fourth-order valence-corrected chi connectivity index (χ4v) is 4.18. The van der Waals surface area contributed by atoms with Crippen LogP contribution in [0.5, 0.6) is 5.75 Å². The number of anilines is 1. The number of ether oxygens (including phenoxy) is 1. The molecule has 3 rings (SSSR count). The Bertz CT molecular complexity index is 899. The number of benzene rings is 2. The van der Waals surface area contributed by atoms with Crippen molar-refractivity contribution in [2.24, 2.45) is 0 Å². The Balaban J connectivity index is 1.63. The molecule has 0 aliphatic carbocycles. The van der Waals surface area contributed by atoms with Gasteiger partial charge in [-0.15, -0.1) is 0 Å². The van der Waals surface area contributed by atoms with Crippen molar-refractivity contribution in [2.75, 3.05) is 38.6 Å². The van der Waals surface area contributed by atoms with Crippen LogP contribution in [0.4, 0.5) is 5.69 Å². The number of aryl methyl sites for hydroxylation is 1. The van der Waals surface area contributed by atoms with E-state index in [-0.39, 0.29) is 30.9 Å². The van der Waals surface area contributed by atoms with Gasteiger partial charge in [0.05, 0.1) is 26.2 Å². The van der Waals surface area contributed by atoms with Crippen LogP contribution >= 0.6 is 0 Å². The van der Waals surface area contributed by atoms with Crippen LogP contribution in [0.3, 0.4) is 0 Å². The smallest absolute Gasteiger partial charge is 0.238 e. The van der Waals surface area contributed by atoms with E-state index in [1.54, 1.807) is 7.11 Å². The van der Waals surface area contributed by atoms with Gasteiger partial charge in [-0.05, 0) is 62.1 Å². The fourth-order valence-electron chi connectivity index (χ4n) is 4.18. The van der Waals surface area contributed by atoms with Gasteiger partial charge in [-0.1, -0.05) is 37.3 Å². The summed E-state index contributed by atoms with van der Waals surface area (Å²) < 4.78 is 5.35. The summed E-state index contributed by atoms with van der Waals surface area (Å²) in [6.07, 6.45) is 2.81. The molecule has 1 atom stereocenters. The number of methoxy groups -OCH3 is 1. The van der Waals surface area contributed by atoms with Gasteiger partial charge in [0, 0.05) is 12.2 Å². The van der Waals surface area contributed by atoms with Crippen LogP contribution < -0.4 is 10.1 Å². The summed E-state index contributed by atoms with van der Waals surface area (Å²) in [7, 11) is 1.65. The van der Waals surface area contributed by atoms with Crippen molar-refractivity contribution in [3.05, 3.63) is 59.7 Å². The molecule has 2 amide bonds. The van der Waals surface area contributed by atoms with Crippen LogP contribution in [0.25, 0.3) is 0 Å². The average Bonchev–Trinajstić information content (AvgIpc) is 3.26. The molecule has 1 aliphatic rings. The summed E-state index contributed by atoms with van der Waals surface area (Å²) in [4.78, 5) is 29.7. The van der Waals surface area contributed by atoms with Gasteiger partial charge in [-0.2, -0.15) is 0 Å². The number of para-hydroxylation sites is 1. The Morgan fingerprint density at radius 3 is 2.71 bits per heavy atom. The van der Waals surface area contributed by atoms with Crippen LogP contribution in [-0.4, -0.2) is 54.9 Å². The molecule has 166 valence electrons. The molecular weight excluding hydrogens is 390 g/mol. The van der Waals surface area contributed by atoms with Crippen molar-refractivity contribution in [1.29, 1.82) is 0 Å². The van der Waals surface area contributed by atoms with Crippen LogP contribution in [0.15, 0.2) is 48.5 Å². The lowest BCUT2D eigenvalue weighted by molar-refractivity contribution is -0.133.